The Balaban J connectivity index is 2.72. The van der Waals surface area contributed by atoms with Crippen LogP contribution in [0.1, 0.15) is 30.6 Å². The fraction of sp³-hybridized carbons (Fsp3) is 0.538. The fourth-order valence-corrected chi connectivity index (χ4v) is 2.97. The van der Waals surface area contributed by atoms with Gasteiger partial charge in [0.15, 0.2) is 0 Å². The first-order chi connectivity index (χ1) is 8.93. The van der Waals surface area contributed by atoms with Crippen LogP contribution in [0.4, 0.5) is 0 Å². The monoisotopic (exact) mass is 395 g/mol. The van der Waals surface area contributed by atoms with Gasteiger partial charge in [-0.25, -0.2) is 0 Å². The van der Waals surface area contributed by atoms with Crippen LogP contribution in [0, 0.1) is 8.80 Å². The number of hydrogen-bond donors (Lipinski definition) is 0. The number of carbonyl (C=O) groups is 2. The van der Waals surface area contributed by atoms with E-state index >= 15 is 0 Å². The molecule has 0 spiro atoms. The zero-order chi connectivity index (χ0) is 14.4. The standard InChI is InChI=1S/C13H18INO3S/c1-9(2)7-15(5-4-12(16)18-3)13(17)10-6-11(14)19-8-10/h6,8-9H,4-5,7H2,1-3H3. The van der Waals surface area contributed by atoms with Crippen molar-refractivity contribution in [3.8, 4) is 0 Å². The van der Waals surface area contributed by atoms with Gasteiger partial charge in [0.2, 0.25) is 0 Å². The van der Waals surface area contributed by atoms with Crippen molar-refractivity contribution in [2.24, 2.45) is 5.92 Å². The van der Waals surface area contributed by atoms with Crippen molar-refractivity contribution < 1.29 is 14.3 Å². The van der Waals surface area contributed by atoms with Crippen LogP contribution in [0.15, 0.2) is 11.4 Å². The lowest BCUT2D eigenvalue weighted by atomic mass is 10.2. The molecule has 1 aromatic rings. The lowest BCUT2D eigenvalue weighted by Gasteiger charge is -2.23. The molecule has 0 bridgehead atoms. The third-order valence-electron chi connectivity index (χ3n) is 2.50. The lowest BCUT2D eigenvalue weighted by molar-refractivity contribution is -0.140. The maximum absolute atomic E-state index is 12.4. The van der Waals surface area contributed by atoms with E-state index < -0.39 is 0 Å². The molecule has 1 amide bonds. The zero-order valence-corrected chi connectivity index (χ0v) is 14.3. The topological polar surface area (TPSA) is 46.6 Å². The molecule has 0 aromatic carbocycles. The van der Waals surface area contributed by atoms with E-state index in [4.69, 9.17) is 0 Å². The van der Waals surface area contributed by atoms with E-state index in [-0.39, 0.29) is 18.3 Å². The number of thiophene rings is 1. The van der Waals surface area contributed by atoms with E-state index in [0.29, 0.717) is 24.6 Å². The fourth-order valence-electron chi connectivity index (χ4n) is 1.65. The van der Waals surface area contributed by atoms with Crippen LogP contribution in [0.5, 0.6) is 0 Å². The van der Waals surface area contributed by atoms with Crippen molar-refractivity contribution >= 4 is 45.8 Å². The van der Waals surface area contributed by atoms with Crippen LogP contribution in [0.25, 0.3) is 0 Å². The molecule has 0 aliphatic carbocycles. The molecule has 0 aliphatic rings. The molecular formula is C13H18INO3S. The summed E-state index contributed by atoms with van der Waals surface area (Å²) in [4.78, 5) is 25.3. The van der Waals surface area contributed by atoms with Crippen molar-refractivity contribution in [1.29, 1.82) is 0 Å². The molecular weight excluding hydrogens is 377 g/mol. The van der Waals surface area contributed by atoms with Gasteiger partial charge in [-0.1, -0.05) is 13.8 Å². The summed E-state index contributed by atoms with van der Waals surface area (Å²) in [5, 5.41) is 1.86. The molecule has 106 valence electrons. The van der Waals surface area contributed by atoms with Gasteiger partial charge in [0, 0.05) is 18.5 Å². The molecule has 0 radical (unpaired) electrons. The summed E-state index contributed by atoms with van der Waals surface area (Å²) in [6.07, 6.45) is 0.232. The van der Waals surface area contributed by atoms with E-state index in [9.17, 15) is 9.59 Å². The second-order valence-corrected chi connectivity index (χ2v) is 7.42. The van der Waals surface area contributed by atoms with Gasteiger partial charge in [-0.3, -0.25) is 9.59 Å². The van der Waals surface area contributed by atoms with Crippen molar-refractivity contribution in [1.82, 2.24) is 4.90 Å². The summed E-state index contributed by atoms with van der Waals surface area (Å²) in [5.74, 6) is 0.0533. The number of carbonyl (C=O) groups excluding carboxylic acids is 2. The Hall–Kier alpha value is -0.630. The normalized spacial score (nSPS) is 10.6. The van der Waals surface area contributed by atoms with Gasteiger partial charge in [0.05, 0.1) is 22.0 Å². The Bertz CT molecular complexity index is 445. The summed E-state index contributed by atoms with van der Waals surface area (Å²) in [7, 11) is 1.36. The Labute approximate surface area is 131 Å². The second-order valence-electron chi connectivity index (χ2n) is 4.61. The average Bonchev–Trinajstić information content (AvgIpc) is 2.79. The van der Waals surface area contributed by atoms with Gasteiger partial charge >= 0.3 is 5.97 Å². The van der Waals surface area contributed by atoms with Gasteiger partial charge in [0.25, 0.3) is 5.91 Å². The van der Waals surface area contributed by atoms with E-state index in [0.717, 1.165) is 2.88 Å². The summed E-state index contributed by atoms with van der Waals surface area (Å²) < 4.78 is 5.70. The van der Waals surface area contributed by atoms with Gasteiger partial charge in [-0.05, 0) is 34.6 Å². The third-order valence-corrected chi connectivity index (χ3v) is 4.29. The molecule has 0 saturated heterocycles. The molecule has 0 fully saturated rings. The predicted octanol–water partition coefficient (Wildman–Crippen LogP) is 3.01. The predicted molar refractivity (Wildman–Crippen MR) is 84.4 cm³/mol. The second kappa shape index (κ2) is 7.84. The molecule has 1 aromatic heterocycles. The summed E-state index contributed by atoms with van der Waals surface area (Å²) in [6.45, 7) is 5.14. The van der Waals surface area contributed by atoms with Gasteiger partial charge < -0.3 is 9.64 Å². The van der Waals surface area contributed by atoms with Gasteiger partial charge in [-0.2, -0.15) is 0 Å². The highest BCUT2D eigenvalue weighted by molar-refractivity contribution is 14.1. The summed E-state index contributed by atoms with van der Waals surface area (Å²) in [6, 6.07) is 1.87. The number of amides is 1. The number of methoxy groups -OCH3 is 1. The first-order valence-corrected chi connectivity index (χ1v) is 8.00. The maximum Gasteiger partial charge on any atom is 0.307 e. The third kappa shape index (κ3) is 5.48. The Morgan fingerprint density at radius 1 is 1.47 bits per heavy atom. The van der Waals surface area contributed by atoms with Crippen LogP contribution in [0.2, 0.25) is 0 Å². The maximum atomic E-state index is 12.4. The van der Waals surface area contributed by atoms with Crippen LogP contribution < -0.4 is 0 Å². The molecule has 1 rings (SSSR count). The van der Waals surface area contributed by atoms with Crippen LogP contribution >= 0.6 is 33.9 Å². The molecule has 0 aliphatic heterocycles. The highest BCUT2D eigenvalue weighted by Crippen LogP contribution is 2.18. The SMILES string of the molecule is COC(=O)CCN(CC(C)C)C(=O)c1csc(I)c1. The van der Waals surface area contributed by atoms with E-state index in [2.05, 4.69) is 41.2 Å². The van der Waals surface area contributed by atoms with Gasteiger partial charge in [-0.15, -0.1) is 11.3 Å². The molecule has 4 nitrogen and oxygen atoms in total. The molecule has 0 unspecified atom stereocenters. The van der Waals surface area contributed by atoms with Gasteiger partial charge in [0.1, 0.15) is 0 Å². The minimum atomic E-state index is -0.290. The number of nitrogens with zero attached hydrogens (tertiary/aromatic N) is 1. The van der Waals surface area contributed by atoms with Crippen LogP contribution in [-0.2, 0) is 9.53 Å². The molecule has 19 heavy (non-hydrogen) atoms. The summed E-state index contributed by atoms with van der Waals surface area (Å²) in [5.41, 5.74) is 0.694. The number of rotatable bonds is 6. The first kappa shape index (κ1) is 16.4. The highest BCUT2D eigenvalue weighted by Gasteiger charge is 2.19. The number of halogens is 1. The molecule has 0 atom stereocenters. The Morgan fingerprint density at radius 3 is 2.63 bits per heavy atom. The number of hydrogen-bond acceptors (Lipinski definition) is 4. The molecule has 0 N–H and O–H groups in total. The number of esters is 1. The minimum Gasteiger partial charge on any atom is -0.469 e. The Morgan fingerprint density at radius 2 is 2.16 bits per heavy atom. The minimum absolute atomic E-state index is 0.0169. The largest absolute Gasteiger partial charge is 0.469 e. The number of ether oxygens (including phenoxy) is 1. The van der Waals surface area contributed by atoms with Crippen LogP contribution in [-0.4, -0.2) is 37.0 Å². The molecule has 0 saturated carbocycles. The zero-order valence-electron chi connectivity index (χ0n) is 11.3. The van der Waals surface area contributed by atoms with E-state index in [1.165, 1.54) is 7.11 Å². The quantitative estimate of drug-likeness (QED) is 0.550. The molecule has 6 heteroatoms. The van der Waals surface area contributed by atoms with Crippen molar-refractivity contribution in [3.63, 3.8) is 0 Å². The lowest BCUT2D eigenvalue weighted by Crippen LogP contribution is -2.35. The van der Waals surface area contributed by atoms with Crippen molar-refractivity contribution in [2.45, 2.75) is 20.3 Å². The van der Waals surface area contributed by atoms with Crippen molar-refractivity contribution in [3.05, 3.63) is 19.9 Å². The smallest absolute Gasteiger partial charge is 0.307 e. The first-order valence-electron chi connectivity index (χ1n) is 6.04. The van der Waals surface area contributed by atoms with Crippen molar-refractivity contribution in [2.75, 3.05) is 20.2 Å². The molecule has 1 heterocycles. The Kier molecular flexibility index (Phi) is 6.78. The van der Waals surface area contributed by atoms with E-state index in [1.807, 2.05) is 11.4 Å². The van der Waals surface area contributed by atoms with E-state index in [1.54, 1.807) is 16.2 Å². The average molecular weight is 395 g/mol. The highest BCUT2D eigenvalue weighted by atomic mass is 127. The van der Waals surface area contributed by atoms with Crippen LogP contribution in [0.3, 0.4) is 0 Å². The summed E-state index contributed by atoms with van der Waals surface area (Å²) >= 11 is 3.74.